The number of fused-ring (bicyclic) bond motifs is 3. The van der Waals surface area contributed by atoms with E-state index in [2.05, 4.69) is 0 Å². The number of carbonyl (C=O) groups excluding carboxylic acids is 4. The highest BCUT2D eigenvalue weighted by atomic mass is 16.5. The predicted octanol–water partition coefficient (Wildman–Crippen LogP) is 0.196. The number of hydrogen-bond donors (Lipinski definition) is 6. The molecule has 0 saturated carbocycles. The van der Waals surface area contributed by atoms with Gasteiger partial charge >= 0.3 is 5.97 Å². The summed E-state index contributed by atoms with van der Waals surface area (Å²) in [5, 5.41) is 44.9. The van der Waals surface area contributed by atoms with E-state index in [1.165, 1.54) is 38.1 Å². The number of benzene rings is 1. The number of aliphatic hydroxyl groups excluding tert-OH is 2. The SMILES string of the molecule is CCC(=O)O[C@H]1[C@H]2C(=C(O)[C@]3(O)C(=O)C(C(N)=O)=C(O)[C@@H](N(C)C)[C@H]13)C(=O)c1c(ccc(N)c1O)[C@H]2C. The number of amides is 1. The average molecular weight is 516 g/mol. The number of phenolic OH excluding ortho intramolecular Hbond substituents is 1. The molecule has 0 aliphatic heterocycles. The fraction of sp³-hybridized carbons (Fsp3) is 0.440. The highest BCUT2D eigenvalue weighted by molar-refractivity contribution is 6.25. The molecule has 0 aromatic heterocycles. The number of Topliss-reactive ketones (excluding diaryl/α,β-unsaturated/α-hetero) is 2. The van der Waals surface area contributed by atoms with Crippen molar-refractivity contribution < 1.29 is 44.3 Å². The zero-order chi connectivity index (χ0) is 27.7. The van der Waals surface area contributed by atoms with Crippen LogP contribution < -0.4 is 11.5 Å². The second-order valence-corrected chi connectivity index (χ2v) is 9.84. The Balaban J connectivity index is 2.12. The summed E-state index contributed by atoms with van der Waals surface area (Å²) in [5.74, 6) is -10.2. The van der Waals surface area contributed by atoms with Crippen LogP contribution in [0.2, 0.25) is 0 Å². The molecule has 37 heavy (non-hydrogen) atoms. The molecule has 1 amide bonds. The lowest BCUT2D eigenvalue weighted by molar-refractivity contribution is -0.180. The number of primary amides is 1. The van der Waals surface area contributed by atoms with Gasteiger partial charge in [-0.1, -0.05) is 19.9 Å². The number of carbonyl (C=O) groups is 4. The summed E-state index contributed by atoms with van der Waals surface area (Å²) < 4.78 is 5.74. The van der Waals surface area contributed by atoms with E-state index in [1.807, 2.05) is 0 Å². The van der Waals surface area contributed by atoms with Crippen molar-refractivity contribution in [1.82, 2.24) is 4.90 Å². The number of esters is 1. The fourth-order valence-electron chi connectivity index (χ4n) is 5.99. The Morgan fingerprint density at radius 1 is 1.16 bits per heavy atom. The molecule has 0 saturated heterocycles. The Hall–Kier alpha value is -3.90. The first kappa shape index (κ1) is 26.2. The van der Waals surface area contributed by atoms with Crippen LogP contribution in [0.1, 0.15) is 42.1 Å². The third-order valence-corrected chi connectivity index (χ3v) is 7.69. The first-order valence-electron chi connectivity index (χ1n) is 11.7. The molecule has 1 aromatic rings. The number of nitrogens with zero attached hydrogens (tertiary/aromatic N) is 1. The molecule has 1 aromatic carbocycles. The Morgan fingerprint density at radius 2 is 1.78 bits per heavy atom. The van der Waals surface area contributed by atoms with Gasteiger partial charge in [0.15, 0.2) is 11.4 Å². The van der Waals surface area contributed by atoms with Crippen LogP contribution in [0.5, 0.6) is 5.75 Å². The van der Waals surface area contributed by atoms with Crippen molar-refractivity contribution in [2.75, 3.05) is 19.8 Å². The zero-order valence-corrected chi connectivity index (χ0v) is 20.7. The highest BCUT2D eigenvalue weighted by Crippen LogP contribution is 2.56. The second-order valence-electron chi connectivity index (χ2n) is 9.84. The lowest BCUT2D eigenvalue weighted by Crippen LogP contribution is -2.69. The maximum atomic E-state index is 13.7. The van der Waals surface area contributed by atoms with Crippen molar-refractivity contribution in [3.63, 3.8) is 0 Å². The number of ether oxygens (including phenoxy) is 1. The number of nitrogen functional groups attached to an aromatic ring is 1. The second kappa shape index (κ2) is 8.60. The van der Waals surface area contributed by atoms with Gasteiger partial charge in [-0.15, -0.1) is 0 Å². The third kappa shape index (κ3) is 3.36. The molecule has 0 spiro atoms. The summed E-state index contributed by atoms with van der Waals surface area (Å²) in [6.45, 7) is 3.19. The number of hydrogen-bond acceptors (Lipinski definition) is 11. The highest BCUT2D eigenvalue weighted by Gasteiger charge is 2.68. The minimum atomic E-state index is -2.97. The number of phenols is 1. The van der Waals surface area contributed by atoms with Crippen LogP contribution in [0.4, 0.5) is 5.69 Å². The van der Waals surface area contributed by atoms with Gasteiger partial charge in [0, 0.05) is 17.9 Å². The maximum Gasteiger partial charge on any atom is 0.305 e. The molecule has 3 aliphatic rings. The van der Waals surface area contributed by atoms with E-state index in [9.17, 15) is 39.6 Å². The number of rotatable bonds is 4. The summed E-state index contributed by atoms with van der Waals surface area (Å²) in [6, 6.07) is 1.60. The minimum Gasteiger partial charge on any atom is -0.510 e. The summed E-state index contributed by atoms with van der Waals surface area (Å²) >= 11 is 0. The molecule has 12 heteroatoms. The van der Waals surface area contributed by atoms with E-state index in [1.54, 1.807) is 6.92 Å². The standard InChI is InChI=1S/C25H29N3O9/c1-5-11(29)37-21-12-8(2)9-6-7-10(26)18(30)13(9)19(31)14(12)22(33)25(36)16(21)17(28(3)4)20(32)15(23(25)34)24(27)35/h6-8,12,16-17,21,30,32-33,36H,5,26H2,1-4H3,(H2,27,35)/t8-,12-,16-,17+,21+,25+/m1/s1. The van der Waals surface area contributed by atoms with Crippen LogP contribution in [0, 0.1) is 11.8 Å². The minimum absolute atomic E-state index is 0.0927. The third-order valence-electron chi connectivity index (χ3n) is 7.69. The molecule has 12 nitrogen and oxygen atoms in total. The van der Waals surface area contributed by atoms with E-state index >= 15 is 0 Å². The number of aliphatic hydroxyl groups is 3. The molecule has 6 atom stereocenters. The number of ketones is 2. The van der Waals surface area contributed by atoms with Crippen LogP contribution in [-0.2, 0) is 19.1 Å². The smallest absolute Gasteiger partial charge is 0.305 e. The number of likely N-dealkylation sites (N-methyl/N-ethyl adjacent to an activating group) is 1. The maximum absolute atomic E-state index is 13.7. The summed E-state index contributed by atoms with van der Waals surface area (Å²) in [5.41, 5.74) is 6.77. The van der Waals surface area contributed by atoms with Gasteiger partial charge in [0.05, 0.1) is 23.2 Å². The van der Waals surface area contributed by atoms with E-state index in [-0.39, 0.29) is 17.7 Å². The zero-order valence-electron chi connectivity index (χ0n) is 20.7. The molecule has 0 fully saturated rings. The van der Waals surface area contributed by atoms with Crippen LogP contribution in [-0.4, -0.2) is 80.6 Å². The van der Waals surface area contributed by atoms with Gasteiger partial charge in [-0.25, -0.2) is 0 Å². The van der Waals surface area contributed by atoms with Crippen LogP contribution in [0.3, 0.4) is 0 Å². The molecular weight excluding hydrogens is 486 g/mol. The number of anilines is 1. The van der Waals surface area contributed by atoms with Crippen LogP contribution >= 0.6 is 0 Å². The molecule has 8 N–H and O–H groups in total. The number of nitrogens with two attached hydrogens (primary N) is 2. The van der Waals surface area contributed by atoms with Crippen molar-refractivity contribution in [3.05, 3.63) is 45.9 Å². The Bertz CT molecular complexity index is 1310. The molecule has 0 heterocycles. The first-order valence-corrected chi connectivity index (χ1v) is 11.7. The van der Waals surface area contributed by atoms with Crippen molar-refractivity contribution in [3.8, 4) is 5.75 Å². The van der Waals surface area contributed by atoms with E-state index < -0.39 is 87.4 Å². The fourth-order valence-corrected chi connectivity index (χ4v) is 5.99. The van der Waals surface area contributed by atoms with Gasteiger partial charge in [0.1, 0.15) is 28.9 Å². The van der Waals surface area contributed by atoms with Gasteiger partial charge in [-0.2, -0.15) is 0 Å². The van der Waals surface area contributed by atoms with Crippen molar-refractivity contribution >= 4 is 29.1 Å². The molecule has 198 valence electrons. The molecule has 0 unspecified atom stereocenters. The van der Waals surface area contributed by atoms with Crippen molar-refractivity contribution in [2.45, 2.75) is 43.9 Å². The van der Waals surface area contributed by atoms with Crippen LogP contribution in [0.15, 0.2) is 34.8 Å². The average Bonchev–Trinajstić information content (AvgIpc) is 2.82. The molecule has 0 bridgehead atoms. The quantitative estimate of drug-likeness (QED) is 0.138. The summed E-state index contributed by atoms with van der Waals surface area (Å²) in [6.07, 6.45) is -1.52. The topological polar surface area (TPSA) is 214 Å². The monoisotopic (exact) mass is 515 g/mol. The largest absolute Gasteiger partial charge is 0.510 e. The molecule has 3 aliphatic carbocycles. The Morgan fingerprint density at radius 3 is 2.32 bits per heavy atom. The van der Waals surface area contributed by atoms with Gasteiger partial charge in [0.25, 0.3) is 5.91 Å². The molecular formula is C25H29N3O9. The van der Waals surface area contributed by atoms with Gasteiger partial charge < -0.3 is 36.6 Å². The van der Waals surface area contributed by atoms with Gasteiger partial charge in [-0.05, 0) is 31.6 Å². The predicted molar refractivity (Wildman–Crippen MR) is 128 cm³/mol. The van der Waals surface area contributed by atoms with E-state index in [4.69, 9.17) is 16.2 Å². The van der Waals surface area contributed by atoms with Gasteiger partial charge in [-0.3, -0.25) is 24.1 Å². The normalized spacial score (nSPS) is 31.1. The lowest BCUT2D eigenvalue weighted by atomic mass is 9.55. The van der Waals surface area contributed by atoms with Crippen LogP contribution in [0.25, 0.3) is 0 Å². The summed E-state index contributed by atoms with van der Waals surface area (Å²) in [4.78, 5) is 53.4. The summed E-state index contributed by atoms with van der Waals surface area (Å²) in [7, 11) is 2.96. The molecule has 4 rings (SSSR count). The molecule has 0 radical (unpaired) electrons. The van der Waals surface area contributed by atoms with E-state index in [0.29, 0.717) is 5.56 Å². The Kier molecular flexibility index (Phi) is 6.08. The Labute approximate surface area is 211 Å². The van der Waals surface area contributed by atoms with Crippen molar-refractivity contribution in [1.29, 1.82) is 0 Å². The first-order chi connectivity index (χ1) is 17.2. The number of aromatic hydroxyl groups is 1. The lowest BCUT2D eigenvalue weighted by Gasteiger charge is -2.54. The van der Waals surface area contributed by atoms with Gasteiger partial charge in [0.2, 0.25) is 5.78 Å². The van der Waals surface area contributed by atoms with E-state index in [0.717, 1.165) is 0 Å². The van der Waals surface area contributed by atoms with Crippen molar-refractivity contribution in [2.24, 2.45) is 17.6 Å².